The molecular weight excluding hydrogens is 357 g/mol. The molecule has 0 spiro atoms. The molecule has 0 bridgehead atoms. The SMILES string of the molecule is COc1ccc(Cl)cc1Nc1ccc(NC(=O)c2ccccc2F)cn1. The highest BCUT2D eigenvalue weighted by Gasteiger charge is 2.11. The van der Waals surface area contributed by atoms with Gasteiger partial charge in [-0.15, -0.1) is 0 Å². The Hall–Kier alpha value is -3.12. The lowest BCUT2D eigenvalue weighted by molar-refractivity contribution is 0.102. The molecule has 0 fully saturated rings. The summed E-state index contributed by atoms with van der Waals surface area (Å²) in [4.78, 5) is 16.3. The number of benzene rings is 2. The number of methoxy groups -OCH3 is 1. The second kappa shape index (κ2) is 7.84. The van der Waals surface area contributed by atoms with Crippen molar-refractivity contribution in [3.63, 3.8) is 0 Å². The minimum absolute atomic E-state index is 0.0293. The van der Waals surface area contributed by atoms with Gasteiger partial charge in [0, 0.05) is 5.02 Å². The molecule has 3 aromatic rings. The van der Waals surface area contributed by atoms with Gasteiger partial charge in [0.15, 0.2) is 0 Å². The maximum atomic E-state index is 13.6. The molecule has 0 saturated heterocycles. The first-order valence-electron chi connectivity index (χ1n) is 7.69. The number of amides is 1. The highest BCUT2D eigenvalue weighted by molar-refractivity contribution is 6.31. The first kappa shape index (κ1) is 17.7. The number of nitrogens with zero attached hydrogens (tertiary/aromatic N) is 1. The van der Waals surface area contributed by atoms with Crippen LogP contribution in [0.2, 0.25) is 5.02 Å². The fraction of sp³-hybridized carbons (Fsp3) is 0.0526. The molecule has 0 aliphatic carbocycles. The topological polar surface area (TPSA) is 63.2 Å². The van der Waals surface area contributed by atoms with E-state index in [1.807, 2.05) is 0 Å². The highest BCUT2D eigenvalue weighted by atomic mass is 35.5. The molecule has 132 valence electrons. The summed E-state index contributed by atoms with van der Waals surface area (Å²) in [5.74, 6) is 0.0361. The Morgan fingerprint density at radius 3 is 2.65 bits per heavy atom. The van der Waals surface area contributed by atoms with Gasteiger partial charge in [-0.05, 0) is 42.5 Å². The van der Waals surface area contributed by atoms with Crippen molar-refractivity contribution < 1.29 is 13.9 Å². The van der Waals surface area contributed by atoms with Crippen molar-refractivity contribution in [2.24, 2.45) is 0 Å². The van der Waals surface area contributed by atoms with Gasteiger partial charge in [0.2, 0.25) is 0 Å². The van der Waals surface area contributed by atoms with Crippen LogP contribution in [0.25, 0.3) is 0 Å². The molecule has 0 saturated carbocycles. The van der Waals surface area contributed by atoms with Crippen molar-refractivity contribution in [1.29, 1.82) is 0 Å². The van der Waals surface area contributed by atoms with Crippen molar-refractivity contribution in [2.45, 2.75) is 0 Å². The molecule has 1 heterocycles. The summed E-state index contributed by atoms with van der Waals surface area (Å²) in [6.45, 7) is 0. The van der Waals surface area contributed by atoms with Gasteiger partial charge in [0.25, 0.3) is 5.91 Å². The maximum Gasteiger partial charge on any atom is 0.258 e. The summed E-state index contributed by atoms with van der Waals surface area (Å²) < 4.78 is 18.9. The van der Waals surface area contributed by atoms with Crippen LogP contribution >= 0.6 is 11.6 Å². The van der Waals surface area contributed by atoms with Crippen molar-refractivity contribution in [2.75, 3.05) is 17.7 Å². The number of hydrogen-bond acceptors (Lipinski definition) is 4. The molecule has 0 unspecified atom stereocenters. The average molecular weight is 372 g/mol. The van der Waals surface area contributed by atoms with Crippen molar-refractivity contribution in [3.05, 3.63) is 77.2 Å². The maximum absolute atomic E-state index is 13.6. The van der Waals surface area contributed by atoms with Gasteiger partial charge in [0.05, 0.1) is 30.2 Å². The molecule has 2 N–H and O–H groups in total. The van der Waals surface area contributed by atoms with Crippen LogP contribution in [0.5, 0.6) is 5.75 Å². The van der Waals surface area contributed by atoms with Crippen LogP contribution < -0.4 is 15.4 Å². The number of halogens is 2. The summed E-state index contributed by atoms with van der Waals surface area (Å²) in [7, 11) is 1.56. The van der Waals surface area contributed by atoms with Gasteiger partial charge in [-0.25, -0.2) is 9.37 Å². The normalized spacial score (nSPS) is 10.3. The molecule has 0 aliphatic rings. The van der Waals surface area contributed by atoms with E-state index in [1.54, 1.807) is 43.5 Å². The van der Waals surface area contributed by atoms with Gasteiger partial charge in [0.1, 0.15) is 17.4 Å². The number of rotatable bonds is 5. The Labute approximate surface area is 154 Å². The Bertz CT molecular complexity index is 932. The molecular formula is C19H15ClFN3O2. The van der Waals surface area contributed by atoms with E-state index >= 15 is 0 Å². The first-order chi connectivity index (χ1) is 12.6. The van der Waals surface area contributed by atoms with E-state index in [9.17, 15) is 9.18 Å². The Kier molecular flexibility index (Phi) is 5.34. The van der Waals surface area contributed by atoms with Gasteiger partial charge < -0.3 is 15.4 Å². The highest BCUT2D eigenvalue weighted by Crippen LogP contribution is 2.30. The Morgan fingerprint density at radius 2 is 1.96 bits per heavy atom. The number of carbonyl (C=O) groups excluding carboxylic acids is 1. The van der Waals surface area contributed by atoms with Crippen molar-refractivity contribution in [3.8, 4) is 5.75 Å². The van der Waals surface area contributed by atoms with Gasteiger partial charge in [-0.3, -0.25) is 4.79 Å². The predicted molar refractivity (Wildman–Crippen MR) is 99.9 cm³/mol. The summed E-state index contributed by atoms with van der Waals surface area (Å²) in [6.07, 6.45) is 1.47. The zero-order chi connectivity index (χ0) is 18.5. The standard InChI is InChI=1S/C19H15ClFN3O2/c1-26-17-8-6-12(20)10-16(17)24-18-9-7-13(11-22-18)23-19(25)14-4-2-3-5-15(14)21/h2-11H,1H3,(H,22,24)(H,23,25). The summed E-state index contributed by atoms with van der Waals surface area (Å²) in [6, 6.07) is 14.3. The largest absolute Gasteiger partial charge is 0.495 e. The zero-order valence-corrected chi connectivity index (χ0v) is 14.5. The Morgan fingerprint density at radius 1 is 1.15 bits per heavy atom. The lowest BCUT2D eigenvalue weighted by atomic mass is 10.2. The lowest BCUT2D eigenvalue weighted by Gasteiger charge is -2.11. The lowest BCUT2D eigenvalue weighted by Crippen LogP contribution is -2.13. The molecule has 0 aliphatic heterocycles. The van der Waals surface area contributed by atoms with Crippen LogP contribution in [0, 0.1) is 5.82 Å². The fourth-order valence-electron chi connectivity index (χ4n) is 2.30. The van der Waals surface area contributed by atoms with Crippen molar-refractivity contribution >= 4 is 34.7 Å². The van der Waals surface area contributed by atoms with E-state index < -0.39 is 11.7 Å². The molecule has 2 aromatic carbocycles. The van der Waals surface area contributed by atoms with Crippen LogP contribution in [-0.2, 0) is 0 Å². The first-order valence-corrected chi connectivity index (χ1v) is 8.07. The number of carbonyl (C=O) groups is 1. The van der Waals surface area contributed by atoms with Crippen LogP contribution in [0.15, 0.2) is 60.8 Å². The minimum atomic E-state index is -0.579. The summed E-state index contributed by atoms with van der Waals surface area (Å²) >= 11 is 6.00. The second-order valence-corrected chi connectivity index (χ2v) is 5.77. The fourth-order valence-corrected chi connectivity index (χ4v) is 2.47. The predicted octanol–water partition coefficient (Wildman–Crippen LogP) is 4.88. The van der Waals surface area contributed by atoms with E-state index in [-0.39, 0.29) is 5.56 Å². The van der Waals surface area contributed by atoms with Crippen LogP contribution in [0.3, 0.4) is 0 Å². The van der Waals surface area contributed by atoms with E-state index in [0.29, 0.717) is 28.0 Å². The van der Waals surface area contributed by atoms with Crippen LogP contribution in [0.4, 0.5) is 21.6 Å². The third-order valence-electron chi connectivity index (χ3n) is 3.56. The van der Waals surface area contributed by atoms with Gasteiger partial charge in [-0.2, -0.15) is 0 Å². The van der Waals surface area contributed by atoms with Crippen LogP contribution in [-0.4, -0.2) is 18.0 Å². The molecule has 7 heteroatoms. The minimum Gasteiger partial charge on any atom is -0.495 e. The number of nitrogens with one attached hydrogen (secondary N) is 2. The molecule has 5 nitrogen and oxygen atoms in total. The number of anilines is 3. The van der Waals surface area contributed by atoms with Gasteiger partial charge in [-0.1, -0.05) is 23.7 Å². The van der Waals surface area contributed by atoms with E-state index in [1.165, 1.54) is 24.4 Å². The summed E-state index contributed by atoms with van der Waals surface area (Å²) in [5.41, 5.74) is 1.08. The van der Waals surface area contributed by atoms with E-state index in [2.05, 4.69) is 15.6 Å². The zero-order valence-electron chi connectivity index (χ0n) is 13.8. The third-order valence-corrected chi connectivity index (χ3v) is 3.80. The molecule has 1 aromatic heterocycles. The molecule has 1 amide bonds. The molecule has 0 radical (unpaired) electrons. The molecule has 26 heavy (non-hydrogen) atoms. The average Bonchev–Trinajstić information content (AvgIpc) is 2.64. The number of aromatic nitrogens is 1. The number of ether oxygens (including phenoxy) is 1. The second-order valence-electron chi connectivity index (χ2n) is 5.34. The Balaban J connectivity index is 1.72. The summed E-state index contributed by atoms with van der Waals surface area (Å²) in [5, 5.41) is 6.26. The molecule has 3 rings (SSSR count). The quantitative estimate of drug-likeness (QED) is 0.671. The monoisotopic (exact) mass is 371 g/mol. The third kappa shape index (κ3) is 4.10. The smallest absolute Gasteiger partial charge is 0.258 e. The number of hydrogen-bond donors (Lipinski definition) is 2. The van der Waals surface area contributed by atoms with Crippen molar-refractivity contribution in [1.82, 2.24) is 4.98 Å². The van der Waals surface area contributed by atoms with Gasteiger partial charge >= 0.3 is 0 Å². The molecule has 0 atom stereocenters. The number of pyridine rings is 1. The van der Waals surface area contributed by atoms with Crippen LogP contribution in [0.1, 0.15) is 10.4 Å². The van der Waals surface area contributed by atoms with E-state index in [4.69, 9.17) is 16.3 Å². The van der Waals surface area contributed by atoms with E-state index in [0.717, 1.165) is 0 Å².